The van der Waals surface area contributed by atoms with Crippen molar-refractivity contribution in [1.29, 1.82) is 0 Å². The van der Waals surface area contributed by atoms with Crippen LogP contribution in [0.15, 0.2) is 42.5 Å². The van der Waals surface area contributed by atoms with Gasteiger partial charge in [-0.25, -0.2) is 4.39 Å². The second-order valence-electron chi connectivity index (χ2n) is 3.58. The first-order valence-electron chi connectivity index (χ1n) is 4.93. The molecule has 2 N–H and O–H groups in total. The fourth-order valence-electron chi connectivity index (χ4n) is 1.46. The van der Waals surface area contributed by atoms with Crippen LogP contribution in [0.1, 0.15) is 15.9 Å². The Labute approximate surface area is 112 Å². The molecule has 0 saturated heterocycles. The summed E-state index contributed by atoms with van der Waals surface area (Å²) in [5, 5.41) is 0. The first-order chi connectivity index (χ1) is 8.08. The van der Waals surface area contributed by atoms with Gasteiger partial charge in [0.25, 0.3) is 0 Å². The van der Waals surface area contributed by atoms with Crippen molar-refractivity contribution in [2.45, 2.75) is 0 Å². The zero-order chi connectivity index (χ0) is 12.4. The van der Waals surface area contributed by atoms with E-state index in [4.69, 9.17) is 5.73 Å². The number of carbonyl (C=O) groups is 1. The largest absolute Gasteiger partial charge is 0.396 e. The van der Waals surface area contributed by atoms with E-state index in [1.54, 1.807) is 18.2 Å². The lowest BCUT2D eigenvalue weighted by Crippen LogP contribution is -2.03. The number of anilines is 1. The topological polar surface area (TPSA) is 43.1 Å². The number of hydrogen-bond donors (Lipinski definition) is 1. The van der Waals surface area contributed by atoms with Gasteiger partial charge in [-0.15, -0.1) is 0 Å². The van der Waals surface area contributed by atoms with E-state index in [2.05, 4.69) is 22.6 Å². The molecule has 0 aliphatic heterocycles. The van der Waals surface area contributed by atoms with E-state index >= 15 is 0 Å². The Kier molecular flexibility index (Phi) is 3.42. The van der Waals surface area contributed by atoms with Crippen molar-refractivity contribution in [2.24, 2.45) is 0 Å². The molecule has 0 aromatic heterocycles. The molecule has 2 nitrogen and oxygen atoms in total. The van der Waals surface area contributed by atoms with Crippen molar-refractivity contribution >= 4 is 34.1 Å². The maximum absolute atomic E-state index is 13.3. The van der Waals surface area contributed by atoms with Gasteiger partial charge < -0.3 is 5.73 Å². The van der Waals surface area contributed by atoms with Crippen LogP contribution in [-0.2, 0) is 0 Å². The maximum Gasteiger partial charge on any atom is 0.193 e. The third kappa shape index (κ3) is 2.63. The molecule has 4 heteroatoms. The summed E-state index contributed by atoms with van der Waals surface area (Å²) in [6.07, 6.45) is 0. The van der Waals surface area contributed by atoms with Crippen molar-refractivity contribution in [2.75, 3.05) is 5.73 Å². The van der Waals surface area contributed by atoms with E-state index in [0.29, 0.717) is 11.1 Å². The third-order valence-corrected chi connectivity index (χ3v) is 3.02. The van der Waals surface area contributed by atoms with Crippen LogP contribution in [-0.4, -0.2) is 5.78 Å². The van der Waals surface area contributed by atoms with Crippen molar-refractivity contribution in [3.05, 3.63) is 63.0 Å². The molecule has 0 fully saturated rings. The van der Waals surface area contributed by atoms with Crippen molar-refractivity contribution in [1.82, 2.24) is 0 Å². The molecule has 0 atom stereocenters. The highest BCUT2D eigenvalue weighted by Crippen LogP contribution is 2.17. The molecule has 0 saturated carbocycles. The average molecular weight is 341 g/mol. The van der Waals surface area contributed by atoms with Crippen molar-refractivity contribution in [3.8, 4) is 0 Å². The summed E-state index contributed by atoms with van der Waals surface area (Å²) in [5.41, 5.74) is 6.26. The number of rotatable bonds is 2. The van der Waals surface area contributed by atoms with Gasteiger partial charge in [0.1, 0.15) is 5.82 Å². The minimum atomic E-state index is -0.568. The normalized spacial score (nSPS) is 10.2. The van der Waals surface area contributed by atoms with Crippen molar-refractivity contribution < 1.29 is 9.18 Å². The highest BCUT2D eigenvalue weighted by atomic mass is 127. The smallest absolute Gasteiger partial charge is 0.193 e. The first kappa shape index (κ1) is 12.0. The van der Waals surface area contributed by atoms with Gasteiger partial charge in [0, 0.05) is 14.7 Å². The molecule has 2 aromatic rings. The molecule has 0 aliphatic rings. The van der Waals surface area contributed by atoms with E-state index < -0.39 is 5.82 Å². The predicted octanol–water partition coefficient (Wildman–Crippen LogP) is 3.24. The molecule has 0 spiro atoms. The lowest BCUT2D eigenvalue weighted by atomic mass is 10.0. The number of nitrogens with two attached hydrogens (primary N) is 1. The van der Waals surface area contributed by atoms with E-state index in [1.807, 2.05) is 6.07 Å². The van der Waals surface area contributed by atoms with Gasteiger partial charge in [-0.2, -0.15) is 0 Å². The van der Waals surface area contributed by atoms with Gasteiger partial charge in [-0.1, -0.05) is 12.1 Å². The molecular formula is C13H9FINO. The Balaban J connectivity index is 2.40. The van der Waals surface area contributed by atoms with E-state index in [9.17, 15) is 9.18 Å². The maximum atomic E-state index is 13.3. The minimum Gasteiger partial charge on any atom is -0.396 e. The van der Waals surface area contributed by atoms with E-state index in [0.717, 1.165) is 9.64 Å². The number of halogens is 2. The molecule has 2 aromatic carbocycles. The van der Waals surface area contributed by atoms with Crippen LogP contribution in [0.5, 0.6) is 0 Å². The fraction of sp³-hybridized carbons (Fsp3) is 0. The molecule has 86 valence electrons. The lowest BCUT2D eigenvalue weighted by Gasteiger charge is -2.03. The summed E-state index contributed by atoms with van der Waals surface area (Å²) in [5.74, 6) is -0.774. The third-order valence-electron chi connectivity index (χ3n) is 2.35. The monoisotopic (exact) mass is 341 g/mol. The molecule has 0 heterocycles. The molecule has 0 radical (unpaired) electrons. The summed E-state index contributed by atoms with van der Waals surface area (Å²) in [4.78, 5) is 12.1. The molecule has 17 heavy (non-hydrogen) atoms. The molecule has 0 aliphatic carbocycles. The zero-order valence-corrected chi connectivity index (χ0v) is 10.9. The standard InChI is InChI=1S/C13H9FINO/c14-11-7-9(4-5-12(11)16)13(17)8-2-1-3-10(15)6-8/h1-7H,16H2. The summed E-state index contributed by atoms with van der Waals surface area (Å²) in [6.45, 7) is 0. The van der Waals surface area contributed by atoms with Gasteiger partial charge in [-0.05, 0) is 52.9 Å². The Morgan fingerprint density at radius 1 is 1.12 bits per heavy atom. The second-order valence-corrected chi connectivity index (χ2v) is 4.82. The Morgan fingerprint density at radius 3 is 2.47 bits per heavy atom. The average Bonchev–Trinajstić information content (AvgIpc) is 2.32. The van der Waals surface area contributed by atoms with Crippen LogP contribution < -0.4 is 5.73 Å². The minimum absolute atomic E-state index is 0.0455. The Bertz CT molecular complexity index is 583. The Morgan fingerprint density at radius 2 is 1.82 bits per heavy atom. The Hall–Kier alpha value is -1.43. The molecular weight excluding hydrogens is 332 g/mol. The van der Waals surface area contributed by atoms with Crippen LogP contribution in [0.25, 0.3) is 0 Å². The van der Waals surface area contributed by atoms with E-state index in [1.165, 1.54) is 12.1 Å². The lowest BCUT2D eigenvalue weighted by molar-refractivity contribution is 0.103. The number of hydrogen-bond acceptors (Lipinski definition) is 2. The van der Waals surface area contributed by atoms with Gasteiger partial charge in [-0.3, -0.25) is 4.79 Å². The summed E-state index contributed by atoms with van der Waals surface area (Å²) in [7, 11) is 0. The van der Waals surface area contributed by atoms with E-state index in [-0.39, 0.29) is 11.5 Å². The first-order valence-corrected chi connectivity index (χ1v) is 6.01. The quantitative estimate of drug-likeness (QED) is 0.518. The van der Waals surface area contributed by atoms with Crippen LogP contribution in [0.2, 0.25) is 0 Å². The van der Waals surface area contributed by atoms with Crippen molar-refractivity contribution in [3.63, 3.8) is 0 Å². The van der Waals surface area contributed by atoms with Crippen LogP contribution >= 0.6 is 22.6 Å². The molecule has 0 bridgehead atoms. The fourth-order valence-corrected chi connectivity index (χ4v) is 2.01. The molecule has 2 rings (SSSR count). The van der Waals surface area contributed by atoms with Crippen LogP contribution in [0.3, 0.4) is 0 Å². The summed E-state index contributed by atoms with van der Waals surface area (Å²) < 4.78 is 14.2. The number of ketones is 1. The summed E-state index contributed by atoms with van der Waals surface area (Å²) in [6, 6.07) is 11.2. The highest BCUT2D eigenvalue weighted by molar-refractivity contribution is 14.1. The number of nitrogen functional groups attached to an aromatic ring is 1. The molecule has 0 unspecified atom stereocenters. The van der Waals surface area contributed by atoms with Crippen LogP contribution in [0, 0.1) is 9.39 Å². The molecule has 0 amide bonds. The van der Waals surface area contributed by atoms with Gasteiger partial charge in [0.2, 0.25) is 0 Å². The van der Waals surface area contributed by atoms with Gasteiger partial charge in [0.05, 0.1) is 5.69 Å². The summed E-state index contributed by atoms with van der Waals surface area (Å²) >= 11 is 2.12. The predicted molar refractivity (Wildman–Crippen MR) is 73.4 cm³/mol. The SMILES string of the molecule is Nc1ccc(C(=O)c2cccc(I)c2)cc1F. The highest BCUT2D eigenvalue weighted by Gasteiger charge is 2.11. The zero-order valence-electron chi connectivity index (χ0n) is 8.78. The second kappa shape index (κ2) is 4.83. The van der Waals surface area contributed by atoms with Gasteiger partial charge in [0.15, 0.2) is 5.78 Å². The number of benzene rings is 2. The van der Waals surface area contributed by atoms with Crippen LogP contribution in [0.4, 0.5) is 10.1 Å². The van der Waals surface area contributed by atoms with Gasteiger partial charge >= 0.3 is 0 Å². The number of carbonyl (C=O) groups excluding carboxylic acids is 1.